The van der Waals surface area contributed by atoms with Crippen LogP contribution in [0, 0.1) is 6.92 Å². The van der Waals surface area contributed by atoms with Gasteiger partial charge in [-0.25, -0.2) is 0 Å². The molecule has 0 bridgehead atoms. The Labute approximate surface area is 88.7 Å². The molecule has 1 heterocycles. The highest BCUT2D eigenvalue weighted by Crippen LogP contribution is 2.33. The van der Waals surface area contributed by atoms with Crippen LogP contribution < -0.4 is 5.56 Å². The summed E-state index contributed by atoms with van der Waals surface area (Å²) < 4.78 is 38.0. The van der Waals surface area contributed by atoms with E-state index in [1.54, 1.807) is 6.92 Å². The average Bonchev–Trinajstić information content (AvgIpc) is 2.22. The molecular weight excluding hydrogens is 219 g/mol. The molecule has 5 heteroatoms. The number of aromatic nitrogens is 1. The molecule has 1 N–H and O–H groups in total. The van der Waals surface area contributed by atoms with Crippen molar-refractivity contribution in [1.29, 1.82) is 0 Å². The van der Waals surface area contributed by atoms with Gasteiger partial charge >= 0.3 is 6.18 Å². The molecule has 0 saturated carbocycles. The minimum Gasteiger partial charge on any atom is -0.328 e. The first-order valence-electron chi connectivity index (χ1n) is 4.59. The molecule has 0 unspecified atom stereocenters. The molecule has 0 aliphatic heterocycles. The van der Waals surface area contributed by atoms with Crippen molar-refractivity contribution in [1.82, 2.24) is 4.98 Å². The number of aryl methyl sites for hydroxylation is 1. The van der Waals surface area contributed by atoms with Gasteiger partial charge in [-0.2, -0.15) is 13.2 Å². The lowest BCUT2D eigenvalue weighted by Gasteiger charge is -2.10. The van der Waals surface area contributed by atoms with Gasteiger partial charge in [-0.15, -0.1) is 0 Å². The quantitative estimate of drug-likeness (QED) is 0.737. The Bertz CT molecular complexity index is 598. The largest absolute Gasteiger partial charge is 0.417 e. The number of hydrogen-bond donors (Lipinski definition) is 1. The van der Waals surface area contributed by atoms with E-state index < -0.39 is 17.3 Å². The standard InChI is InChI=1S/C11H8F3NO/c1-6-5-15-10(16)9-7(6)3-2-4-8(9)11(12,13)14/h2-5H,1H3,(H,15,16). The smallest absolute Gasteiger partial charge is 0.328 e. The number of rotatable bonds is 0. The molecule has 0 saturated heterocycles. The molecule has 0 aliphatic carbocycles. The monoisotopic (exact) mass is 227 g/mol. The Morgan fingerprint density at radius 2 is 1.94 bits per heavy atom. The van der Waals surface area contributed by atoms with E-state index in [-0.39, 0.29) is 5.39 Å². The zero-order valence-corrected chi connectivity index (χ0v) is 8.35. The normalized spacial score (nSPS) is 12.0. The first kappa shape index (κ1) is 10.7. The number of pyridine rings is 1. The lowest BCUT2D eigenvalue weighted by Crippen LogP contribution is -2.14. The Morgan fingerprint density at radius 1 is 1.25 bits per heavy atom. The van der Waals surface area contributed by atoms with Gasteiger partial charge in [0, 0.05) is 6.20 Å². The van der Waals surface area contributed by atoms with Crippen LogP contribution in [0.3, 0.4) is 0 Å². The van der Waals surface area contributed by atoms with Crippen LogP contribution in [0.5, 0.6) is 0 Å². The zero-order chi connectivity index (χ0) is 11.9. The van der Waals surface area contributed by atoms with Crippen LogP contribution in [0.4, 0.5) is 13.2 Å². The van der Waals surface area contributed by atoms with Crippen LogP contribution in [-0.4, -0.2) is 4.98 Å². The second-order valence-electron chi connectivity index (χ2n) is 3.53. The van der Waals surface area contributed by atoms with Crippen LogP contribution in [0.15, 0.2) is 29.2 Å². The fraction of sp³-hybridized carbons (Fsp3) is 0.182. The molecule has 16 heavy (non-hydrogen) atoms. The fourth-order valence-corrected chi connectivity index (χ4v) is 1.69. The number of benzene rings is 1. The molecule has 2 nitrogen and oxygen atoms in total. The molecule has 1 aromatic carbocycles. The van der Waals surface area contributed by atoms with Gasteiger partial charge in [0.2, 0.25) is 0 Å². The van der Waals surface area contributed by atoms with E-state index in [1.807, 2.05) is 0 Å². The van der Waals surface area contributed by atoms with Gasteiger partial charge in [0.15, 0.2) is 0 Å². The van der Waals surface area contributed by atoms with Gasteiger partial charge in [0.25, 0.3) is 5.56 Å². The van der Waals surface area contributed by atoms with Crippen LogP contribution in [0.25, 0.3) is 10.8 Å². The molecule has 0 amide bonds. The number of alkyl halides is 3. The average molecular weight is 227 g/mol. The van der Waals surface area contributed by atoms with Gasteiger partial charge in [0.1, 0.15) is 0 Å². The van der Waals surface area contributed by atoms with Crippen molar-refractivity contribution in [2.75, 3.05) is 0 Å². The van der Waals surface area contributed by atoms with Crippen molar-refractivity contribution >= 4 is 10.8 Å². The predicted octanol–water partition coefficient (Wildman–Crippen LogP) is 2.86. The minimum atomic E-state index is -4.51. The van der Waals surface area contributed by atoms with Crippen LogP contribution in [-0.2, 0) is 6.18 Å². The maximum Gasteiger partial charge on any atom is 0.417 e. The second-order valence-corrected chi connectivity index (χ2v) is 3.53. The van der Waals surface area contributed by atoms with Crippen LogP contribution >= 0.6 is 0 Å². The Hall–Kier alpha value is -1.78. The zero-order valence-electron chi connectivity index (χ0n) is 8.35. The van der Waals surface area contributed by atoms with E-state index in [4.69, 9.17) is 0 Å². The molecule has 84 valence electrons. The van der Waals surface area contributed by atoms with Crippen molar-refractivity contribution < 1.29 is 13.2 Å². The van der Waals surface area contributed by atoms with Crippen molar-refractivity contribution in [2.45, 2.75) is 13.1 Å². The molecule has 0 atom stereocenters. The molecule has 2 aromatic rings. The lowest BCUT2D eigenvalue weighted by atomic mass is 10.0. The summed E-state index contributed by atoms with van der Waals surface area (Å²) in [5.41, 5.74) is -0.996. The summed E-state index contributed by atoms with van der Waals surface area (Å²) in [5, 5.41) is 0.0357. The van der Waals surface area contributed by atoms with E-state index in [0.717, 1.165) is 6.07 Å². The predicted molar refractivity (Wildman–Crippen MR) is 54.3 cm³/mol. The number of nitrogens with one attached hydrogen (secondary N) is 1. The molecule has 2 rings (SSSR count). The molecule has 0 fully saturated rings. The van der Waals surface area contributed by atoms with Gasteiger partial charge in [-0.05, 0) is 23.9 Å². The molecule has 0 spiro atoms. The number of aromatic amines is 1. The van der Waals surface area contributed by atoms with Gasteiger partial charge in [-0.3, -0.25) is 4.79 Å². The molecular formula is C11H8F3NO. The number of H-pyrrole nitrogens is 1. The van der Waals surface area contributed by atoms with E-state index >= 15 is 0 Å². The summed E-state index contributed by atoms with van der Waals surface area (Å²) in [4.78, 5) is 13.7. The number of hydrogen-bond acceptors (Lipinski definition) is 1. The first-order chi connectivity index (χ1) is 7.41. The maximum absolute atomic E-state index is 12.7. The van der Waals surface area contributed by atoms with Crippen molar-refractivity contribution in [3.8, 4) is 0 Å². The Morgan fingerprint density at radius 3 is 2.56 bits per heavy atom. The molecule has 1 aromatic heterocycles. The Kier molecular flexibility index (Phi) is 2.26. The highest BCUT2D eigenvalue weighted by atomic mass is 19.4. The number of halogens is 3. The third-order valence-corrected chi connectivity index (χ3v) is 2.44. The van der Waals surface area contributed by atoms with Gasteiger partial charge in [0.05, 0.1) is 10.9 Å². The third kappa shape index (κ3) is 1.58. The SMILES string of the molecule is Cc1c[nH]c(=O)c2c(C(F)(F)F)cccc12. The maximum atomic E-state index is 12.7. The Balaban J connectivity index is 2.98. The van der Waals surface area contributed by atoms with E-state index in [1.165, 1.54) is 18.3 Å². The lowest BCUT2D eigenvalue weighted by molar-refractivity contribution is -0.136. The fourth-order valence-electron chi connectivity index (χ4n) is 1.69. The third-order valence-electron chi connectivity index (χ3n) is 2.44. The minimum absolute atomic E-state index is 0.296. The summed E-state index contributed by atoms with van der Waals surface area (Å²) in [7, 11) is 0. The van der Waals surface area contributed by atoms with Crippen molar-refractivity contribution in [3.05, 3.63) is 45.9 Å². The summed E-state index contributed by atoms with van der Waals surface area (Å²) in [6.45, 7) is 1.65. The first-order valence-corrected chi connectivity index (χ1v) is 4.59. The van der Waals surface area contributed by atoms with Crippen LogP contribution in [0.2, 0.25) is 0 Å². The topological polar surface area (TPSA) is 32.9 Å². The number of fused-ring (bicyclic) bond motifs is 1. The summed E-state index contributed by atoms with van der Waals surface area (Å²) in [5.74, 6) is 0. The van der Waals surface area contributed by atoms with E-state index in [2.05, 4.69) is 4.98 Å². The van der Waals surface area contributed by atoms with Gasteiger partial charge < -0.3 is 4.98 Å². The van der Waals surface area contributed by atoms with Crippen LogP contribution in [0.1, 0.15) is 11.1 Å². The highest BCUT2D eigenvalue weighted by Gasteiger charge is 2.33. The molecule has 0 radical (unpaired) electrons. The summed E-state index contributed by atoms with van der Waals surface area (Å²) in [6.07, 6.45) is -3.11. The van der Waals surface area contributed by atoms with Crippen molar-refractivity contribution in [2.24, 2.45) is 0 Å². The highest BCUT2D eigenvalue weighted by molar-refractivity contribution is 5.87. The summed E-state index contributed by atoms with van der Waals surface area (Å²) in [6, 6.07) is 3.73. The second kappa shape index (κ2) is 3.37. The molecule has 0 aliphatic rings. The van der Waals surface area contributed by atoms with E-state index in [0.29, 0.717) is 10.9 Å². The summed E-state index contributed by atoms with van der Waals surface area (Å²) >= 11 is 0. The van der Waals surface area contributed by atoms with E-state index in [9.17, 15) is 18.0 Å². The van der Waals surface area contributed by atoms with Crippen molar-refractivity contribution in [3.63, 3.8) is 0 Å². The van der Waals surface area contributed by atoms with Gasteiger partial charge in [-0.1, -0.05) is 12.1 Å².